The summed E-state index contributed by atoms with van der Waals surface area (Å²) >= 11 is 1.54. The van der Waals surface area contributed by atoms with Crippen molar-refractivity contribution in [2.24, 2.45) is 11.7 Å². The van der Waals surface area contributed by atoms with Gasteiger partial charge in [0.1, 0.15) is 11.1 Å². The van der Waals surface area contributed by atoms with Crippen molar-refractivity contribution >= 4 is 22.2 Å². The summed E-state index contributed by atoms with van der Waals surface area (Å²) in [7, 11) is 0. The van der Waals surface area contributed by atoms with E-state index in [1.54, 1.807) is 11.3 Å². The molecule has 1 aliphatic rings. The number of amides is 1. The number of hydrogen-bond donors (Lipinski definition) is 2. The van der Waals surface area contributed by atoms with Crippen LogP contribution in [0.5, 0.6) is 0 Å². The van der Waals surface area contributed by atoms with Gasteiger partial charge in [-0.25, -0.2) is 0 Å². The van der Waals surface area contributed by atoms with Crippen molar-refractivity contribution in [2.45, 2.75) is 52.0 Å². The standard InChI is InChI=1S/C15H21N3OS/c1-3-4-12(17)14(19)18-15-11(8-16)10-6-5-9(2)7-13(10)20-15/h9,12H,3-7,17H2,1-2H3,(H,18,19). The van der Waals surface area contributed by atoms with E-state index in [-0.39, 0.29) is 5.91 Å². The molecule has 0 bridgehead atoms. The fourth-order valence-electron chi connectivity index (χ4n) is 2.60. The van der Waals surface area contributed by atoms with Gasteiger partial charge < -0.3 is 11.1 Å². The summed E-state index contributed by atoms with van der Waals surface area (Å²) in [5, 5.41) is 12.9. The number of nitriles is 1. The van der Waals surface area contributed by atoms with Crippen molar-refractivity contribution in [1.82, 2.24) is 0 Å². The van der Waals surface area contributed by atoms with Crippen molar-refractivity contribution in [3.8, 4) is 6.07 Å². The lowest BCUT2D eigenvalue weighted by atomic mass is 9.88. The molecule has 0 saturated carbocycles. The third kappa shape index (κ3) is 3.02. The van der Waals surface area contributed by atoms with Crippen LogP contribution in [-0.4, -0.2) is 11.9 Å². The van der Waals surface area contributed by atoms with E-state index in [1.165, 1.54) is 4.88 Å². The van der Waals surface area contributed by atoms with E-state index in [1.807, 2.05) is 6.92 Å². The zero-order chi connectivity index (χ0) is 14.7. The molecule has 4 nitrogen and oxygen atoms in total. The van der Waals surface area contributed by atoms with Crippen LogP contribution in [0.1, 0.15) is 49.1 Å². The van der Waals surface area contributed by atoms with Gasteiger partial charge in [-0.05, 0) is 37.2 Å². The van der Waals surface area contributed by atoms with Crippen LogP contribution >= 0.6 is 11.3 Å². The Morgan fingerprint density at radius 1 is 1.65 bits per heavy atom. The smallest absolute Gasteiger partial charge is 0.241 e. The first-order valence-electron chi connectivity index (χ1n) is 7.17. The third-order valence-electron chi connectivity index (χ3n) is 3.80. The largest absolute Gasteiger partial charge is 0.320 e. The Kier molecular flexibility index (Phi) is 4.79. The second kappa shape index (κ2) is 6.38. The predicted molar refractivity (Wildman–Crippen MR) is 81.7 cm³/mol. The predicted octanol–water partition coefficient (Wildman–Crippen LogP) is 2.81. The van der Waals surface area contributed by atoms with Crippen molar-refractivity contribution in [3.63, 3.8) is 0 Å². The molecule has 0 aliphatic heterocycles. The van der Waals surface area contributed by atoms with E-state index in [9.17, 15) is 10.1 Å². The molecule has 1 aliphatic carbocycles. The number of carbonyl (C=O) groups excluding carboxylic acids is 1. The van der Waals surface area contributed by atoms with Crippen molar-refractivity contribution in [1.29, 1.82) is 5.26 Å². The molecule has 1 aromatic rings. The summed E-state index contributed by atoms with van der Waals surface area (Å²) in [5.74, 6) is 0.466. The SMILES string of the molecule is CCCC(N)C(=O)Nc1sc2c(c1C#N)CCC(C)C2. The van der Waals surface area contributed by atoms with Gasteiger partial charge in [0.25, 0.3) is 0 Å². The Hall–Kier alpha value is -1.38. The normalized spacial score (nSPS) is 19.0. The maximum Gasteiger partial charge on any atom is 0.241 e. The summed E-state index contributed by atoms with van der Waals surface area (Å²) in [5.41, 5.74) is 7.60. The molecule has 2 unspecified atom stereocenters. The highest BCUT2D eigenvalue weighted by Crippen LogP contribution is 2.39. The fraction of sp³-hybridized carbons (Fsp3) is 0.600. The Morgan fingerprint density at radius 3 is 3.05 bits per heavy atom. The van der Waals surface area contributed by atoms with Crippen LogP contribution in [0.2, 0.25) is 0 Å². The van der Waals surface area contributed by atoms with Gasteiger partial charge in [0, 0.05) is 4.88 Å². The monoisotopic (exact) mass is 291 g/mol. The second-order valence-corrected chi connectivity index (χ2v) is 6.66. The van der Waals surface area contributed by atoms with E-state index < -0.39 is 6.04 Å². The maximum atomic E-state index is 12.0. The van der Waals surface area contributed by atoms with Gasteiger partial charge in [0.15, 0.2) is 0 Å². The highest BCUT2D eigenvalue weighted by molar-refractivity contribution is 7.16. The molecular formula is C15H21N3OS. The van der Waals surface area contributed by atoms with E-state index in [4.69, 9.17) is 5.73 Å². The third-order valence-corrected chi connectivity index (χ3v) is 4.97. The number of nitrogens with two attached hydrogens (primary N) is 1. The number of fused-ring (bicyclic) bond motifs is 1. The number of rotatable bonds is 4. The van der Waals surface area contributed by atoms with Crippen LogP contribution in [0.25, 0.3) is 0 Å². The van der Waals surface area contributed by atoms with Gasteiger partial charge in [0.2, 0.25) is 5.91 Å². The molecule has 5 heteroatoms. The number of hydrogen-bond acceptors (Lipinski definition) is 4. The number of nitrogens with one attached hydrogen (secondary N) is 1. The highest BCUT2D eigenvalue weighted by Gasteiger charge is 2.25. The zero-order valence-corrected chi connectivity index (χ0v) is 12.8. The van der Waals surface area contributed by atoms with E-state index in [0.717, 1.165) is 31.2 Å². The Balaban J connectivity index is 2.21. The van der Waals surface area contributed by atoms with Crippen LogP contribution in [0, 0.1) is 17.2 Å². The van der Waals surface area contributed by atoms with Crippen LogP contribution in [0.3, 0.4) is 0 Å². The number of carbonyl (C=O) groups is 1. The van der Waals surface area contributed by atoms with E-state index >= 15 is 0 Å². The van der Waals surface area contributed by atoms with Gasteiger partial charge in [-0.2, -0.15) is 5.26 Å². The summed E-state index contributed by atoms with van der Waals surface area (Å²) in [6.07, 6.45) is 4.59. The fourth-order valence-corrected chi connectivity index (χ4v) is 3.97. The molecule has 0 saturated heterocycles. The molecule has 0 aromatic carbocycles. The zero-order valence-electron chi connectivity index (χ0n) is 12.0. The Morgan fingerprint density at radius 2 is 2.40 bits per heavy atom. The van der Waals surface area contributed by atoms with Gasteiger partial charge in [0.05, 0.1) is 11.6 Å². The van der Waals surface area contributed by atoms with E-state index in [0.29, 0.717) is 22.9 Å². The topological polar surface area (TPSA) is 78.9 Å². The minimum atomic E-state index is -0.496. The first-order valence-corrected chi connectivity index (χ1v) is 7.99. The number of anilines is 1. The summed E-state index contributed by atoms with van der Waals surface area (Å²) in [6, 6.07) is 1.75. The molecule has 1 amide bonds. The van der Waals surface area contributed by atoms with Gasteiger partial charge in [-0.15, -0.1) is 11.3 Å². The molecule has 1 heterocycles. The molecule has 0 fully saturated rings. The molecule has 108 valence electrons. The molecule has 3 N–H and O–H groups in total. The highest BCUT2D eigenvalue weighted by atomic mass is 32.1. The van der Waals surface area contributed by atoms with Crippen molar-refractivity contribution in [3.05, 3.63) is 16.0 Å². The second-order valence-electron chi connectivity index (χ2n) is 5.55. The molecule has 20 heavy (non-hydrogen) atoms. The number of thiophene rings is 1. The van der Waals surface area contributed by atoms with Crippen molar-refractivity contribution < 1.29 is 4.79 Å². The quantitative estimate of drug-likeness (QED) is 0.895. The molecule has 2 rings (SSSR count). The lowest BCUT2D eigenvalue weighted by Crippen LogP contribution is -2.35. The Labute approximate surface area is 124 Å². The Bertz CT molecular complexity index is 544. The first kappa shape index (κ1) is 15.0. The minimum Gasteiger partial charge on any atom is -0.320 e. The van der Waals surface area contributed by atoms with Crippen molar-refractivity contribution in [2.75, 3.05) is 5.32 Å². The summed E-state index contributed by atoms with van der Waals surface area (Å²) in [4.78, 5) is 13.3. The van der Waals surface area contributed by atoms with Crippen LogP contribution in [-0.2, 0) is 17.6 Å². The minimum absolute atomic E-state index is 0.185. The van der Waals surface area contributed by atoms with Crippen LogP contribution in [0.15, 0.2) is 0 Å². The molecule has 0 radical (unpaired) electrons. The van der Waals surface area contributed by atoms with Gasteiger partial charge in [-0.1, -0.05) is 20.3 Å². The van der Waals surface area contributed by atoms with Gasteiger partial charge in [-0.3, -0.25) is 4.79 Å². The summed E-state index contributed by atoms with van der Waals surface area (Å²) in [6.45, 7) is 4.23. The maximum absolute atomic E-state index is 12.0. The molecule has 2 atom stereocenters. The first-order chi connectivity index (χ1) is 9.56. The number of nitrogens with zero attached hydrogens (tertiary/aromatic N) is 1. The molecule has 0 spiro atoms. The lowest BCUT2D eigenvalue weighted by Gasteiger charge is -2.17. The summed E-state index contributed by atoms with van der Waals surface area (Å²) < 4.78 is 0. The van der Waals surface area contributed by atoms with Gasteiger partial charge >= 0.3 is 0 Å². The average Bonchev–Trinajstić information content (AvgIpc) is 2.74. The molecule has 1 aromatic heterocycles. The van der Waals surface area contributed by atoms with Crippen LogP contribution in [0.4, 0.5) is 5.00 Å². The lowest BCUT2D eigenvalue weighted by molar-refractivity contribution is -0.117. The molecular weight excluding hydrogens is 270 g/mol. The average molecular weight is 291 g/mol. The van der Waals surface area contributed by atoms with E-state index in [2.05, 4.69) is 18.3 Å². The van der Waals surface area contributed by atoms with Crippen LogP contribution < -0.4 is 11.1 Å².